The number of anilines is 1. The number of hydrogen-bond donors (Lipinski definition) is 1. The average molecular weight is 277 g/mol. The van der Waals surface area contributed by atoms with Crippen LogP contribution in [0.5, 0.6) is 5.75 Å². The number of carboxylic acid groups (broad SMARTS) is 1. The van der Waals surface area contributed by atoms with Gasteiger partial charge < -0.3 is 14.7 Å². The number of carboxylic acids is 1. The summed E-state index contributed by atoms with van der Waals surface area (Å²) >= 11 is 0. The fourth-order valence-corrected chi connectivity index (χ4v) is 2.50. The molecule has 1 heterocycles. The van der Waals surface area contributed by atoms with Crippen molar-refractivity contribution >= 4 is 17.6 Å². The lowest BCUT2D eigenvalue weighted by molar-refractivity contribution is -0.136. The lowest BCUT2D eigenvalue weighted by Gasteiger charge is -2.19. The largest absolute Gasteiger partial charge is 0.494 e. The Kier molecular flexibility index (Phi) is 3.70. The van der Waals surface area contributed by atoms with E-state index in [1.54, 1.807) is 4.90 Å². The molecule has 0 aliphatic carbocycles. The summed E-state index contributed by atoms with van der Waals surface area (Å²) in [6.07, 6.45) is -0.0610. The second-order valence-electron chi connectivity index (χ2n) is 5.34. The highest BCUT2D eigenvalue weighted by atomic mass is 16.5. The Balaban J connectivity index is 2.37. The van der Waals surface area contributed by atoms with E-state index < -0.39 is 11.4 Å². The maximum Gasteiger partial charge on any atom is 0.305 e. The Hall–Kier alpha value is -2.04. The van der Waals surface area contributed by atoms with Crippen LogP contribution in [0.25, 0.3) is 0 Å². The molecular weight excluding hydrogens is 258 g/mol. The van der Waals surface area contributed by atoms with Crippen molar-refractivity contribution in [1.29, 1.82) is 0 Å². The summed E-state index contributed by atoms with van der Waals surface area (Å²) in [5.74, 6) is -0.246. The Labute approximate surface area is 118 Å². The molecule has 1 aliphatic rings. The SMILES string of the molecule is CCOc1ccc2c(c1)C(C)(C)C(=O)N2CCC(=O)O. The first kappa shape index (κ1) is 14.4. The van der Waals surface area contributed by atoms with E-state index in [9.17, 15) is 9.59 Å². The van der Waals surface area contributed by atoms with Gasteiger partial charge in [-0.25, -0.2) is 0 Å². The molecule has 108 valence electrons. The van der Waals surface area contributed by atoms with E-state index in [1.165, 1.54) is 0 Å². The van der Waals surface area contributed by atoms with Crippen molar-refractivity contribution in [3.8, 4) is 5.75 Å². The van der Waals surface area contributed by atoms with Crippen molar-refractivity contribution < 1.29 is 19.4 Å². The lowest BCUT2D eigenvalue weighted by atomic mass is 9.86. The van der Waals surface area contributed by atoms with Crippen LogP contribution in [-0.2, 0) is 15.0 Å². The third kappa shape index (κ3) is 2.35. The number of fused-ring (bicyclic) bond motifs is 1. The number of carbonyl (C=O) groups excluding carboxylic acids is 1. The van der Waals surface area contributed by atoms with Gasteiger partial charge in [0, 0.05) is 12.2 Å². The number of rotatable bonds is 5. The highest BCUT2D eigenvalue weighted by Gasteiger charge is 2.43. The minimum atomic E-state index is -0.907. The van der Waals surface area contributed by atoms with Crippen molar-refractivity contribution in [2.45, 2.75) is 32.6 Å². The minimum absolute atomic E-state index is 0.0610. The topological polar surface area (TPSA) is 66.8 Å². The van der Waals surface area contributed by atoms with Gasteiger partial charge in [-0.3, -0.25) is 9.59 Å². The Morgan fingerprint density at radius 2 is 2.10 bits per heavy atom. The zero-order valence-corrected chi connectivity index (χ0v) is 12.0. The van der Waals surface area contributed by atoms with Crippen LogP contribution in [0.2, 0.25) is 0 Å². The van der Waals surface area contributed by atoms with Gasteiger partial charge in [0.15, 0.2) is 0 Å². The fraction of sp³-hybridized carbons (Fsp3) is 0.467. The molecular formula is C15H19NO4. The molecule has 0 fully saturated rings. The molecule has 0 saturated carbocycles. The van der Waals surface area contributed by atoms with Crippen LogP contribution in [0.15, 0.2) is 18.2 Å². The fourth-order valence-electron chi connectivity index (χ4n) is 2.50. The van der Waals surface area contributed by atoms with Crippen LogP contribution in [0.4, 0.5) is 5.69 Å². The zero-order chi connectivity index (χ0) is 14.9. The summed E-state index contributed by atoms with van der Waals surface area (Å²) in [5.41, 5.74) is 1.02. The van der Waals surface area contributed by atoms with Gasteiger partial charge in [-0.2, -0.15) is 0 Å². The molecule has 1 aliphatic heterocycles. The molecule has 5 heteroatoms. The number of amides is 1. The monoisotopic (exact) mass is 277 g/mol. The highest BCUT2D eigenvalue weighted by Crippen LogP contribution is 2.43. The molecule has 5 nitrogen and oxygen atoms in total. The first-order chi connectivity index (χ1) is 9.37. The Morgan fingerprint density at radius 3 is 2.70 bits per heavy atom. The molecule has 1 aromatic carbocycles. The molecule has 0 bridgehead atoms. The summed E-state index contributed by atoms with van der Waals surface area (Å²) in [6.45, 7) is 6.37. The summed E-state index contributed by atoms with van der Waals surface area (Å²) in [6, 6.07) is 5.51. The van der Waals surface area contributed by atoms with E-state index in [4.69, 9.17) is 9.84 Å². The van der Waals surface area contributed by atoms with Gasteiger partial charge in [-0.15, -0.1) is 0 Å². The number of benzene rings is 1. The molecule has 1 aromatic rings. The van der Waals surface area contributed by atoms with Crippen molar-refractivity contribution in [2.24, 2.45) is 0 Å². The number of ether oxygens (including phenoxy) is 1. The molecule has 0 spiro atoms. The van der Waals surface area contributed by atoms with Crippen molar-refractivity contribution in [3.05, 3.63) is 23.8 Å². The minimum Gasteiger partial charge on any atom is -0.494 e. The van der Waals surface area contributed by atoms with Crippen LogP contribution in [0.1, 0.15) is 32.8 Å². The van der Waals surface area contributed by atoms with Crippen molar-refractivity contribution in [1.82, 2.24) is 0 Å². The third-order valence-corrected chi connectivity index (χ3v) is 3.57. The van der Waals surface area contributed by atoms with E-state index in [2.05, 4.69) is 0 Å². The van der Waals surface area contributed by atoms with Gasteiger partial charge in [0.1, 0.15) is 5.75 Å². The van der Waals surface area contributed by atoms with Gasteiger partial charge in [-0.1, -0.05) is 0 Å². The normalized spacial score (nSPS) is 16.1. The van der Waals surface area contributed by atoms with Crippen molar-refractivity contribution in [3.63, 3.8) is 0 Å². The number of aliphatic carboxylic acids is 1. The number of carbonyl (C=O) groups is 2. The third-order valence-electron chi connectivity index (χ3n) is 3.57. The van der Waals surface area contributed by atoms with Gasteiger partial charge >= 0.3 is 5.97 Å². The summed E-state index contributed by atoms with van der Waals surface area (Å²) < 4.78 is 5.47. The predicted octanol–water partition coefficient (Wildman–Crippen LogP) is 2.18. The van der Waals surface area contributed by atoms with Gasteiger partial charge in [0.05, 0.1) is 18.4 Å². The standard InChI is InChI=1S/C15H19NO4/c1-4-20-10-5-6-12-11(9-10)15(2,3)14(19)16(12)8-7-13(17)18/h5-6,9H,4,7-8H2,1-3H3,(H,17,18). The van der Waals surface area contributed by atoms with Gasteiger partial charge in [0.25, 0.3) is 0 Å². The van der Waals surface area contributed by atoms with E-state index in [1.807, 2.05) is 39.0 Å². The van der Waals surface area contributed by atoms with E-state index in [0.29, 0.717) is 6.61 Å². The Bertz CT molecular complexity index is 551. The molecule has 20 heavy (non-hydrogen) atoms. The molecule has 1 N–H and O–H groups in total. The summed E-state index contributed by atoms with van der Waals surface area (Å²) in [7, 11) is 0. The van der Waals surface area contributed by atoms with Crippen LogP contribution < -0.4 is 9.64 Å². The molecule has 0 radical (unpaired) electrons. The average Bonchev–Trinajstić information content (AvgIpc) is 2.57. The zero-order valence-electron chi connectivity index (χ0n) is 12.0. The quantitative estimate of drug-likeness (QED) is 0.895. The predicted molar refractivity (Wildman–Crippen MR) is 75.2 cm³/mol. The first-order valence-corrected chi connectivity index (χ1v) is 6.69. The van der Waals surface area contributed by atoms with Gasteiger partial charge in [0.2, 0.25) is 5.91 Å². The van der Waals surface area contributed by atoms with E-state index in [0.717, 1.165) is 17.0 Å². The smallest absolute Gasteiger partial charge is 0.305 e. The van der Waals surface area contributed by atoms with E-state index in [-0.39, 0.29) is 18.9 Å². The maximum atomic E-state index is 12.5. The lowest BCUT2D eigenvalue weighted by Crippen LogP contribution is -2.37. The number of nitrogens with zero attached hydrogens (tertiary/aromatic N) is 1. The number of hydrogen-bond acceptors (Lipinski definition) is 3. The molecule has 0 saturated heterocycles. The van der Waals surface area contributed by atoms with Crippen LogP contribution >= 0.6 is 0 Å². The second-order valence-corrected chi connectivity index (χ2v) is 5.34. The molecule has 0 unspecified atom stereocenters. The molecule has 1 amide bonds. The first-order valence-electron chi connectivity index (χ1n) is 6.69. The van der Waals surface area contributed by atoms with Crippen molar-refractivity contribution in [2.75, 3.05) is 18.1 Å². The summed E-state index contributed by atoms with van der Waals surface area (Å²) in [4.78, 5) is 24.7. The maximum absolute atomic E-state index is 12.5. The molecule has 2 rings (SSSR count). The Morgan fingerprint density at radius 1 is 1.40 bits per heavy atom. The molecule has 0 atom stereocenters. The van der Waals surface area contributed by atoms with E-state index >= 15 is 0 Å². The second kappa shape index (κ2) is 5.15. The summed E-state index contributed by atoms with van der Waals surface area (Å²) in [5, 5.41) is 8.79. The highest BCUT2D eigenvalue weighted by molar-refractivity contribution is 6.07. The molecule has 0 aromatic heterocycles. The van der Waals surface area contributed by atoms with Crippen LogP contribution in [0.3, 0.4) is 0 Å². The van der Waals surface area contributed by atoms with Crippen LogP contribution in [0, 0.1) is 0 Å². The van der Waals surface area contributed by atoms with Crippen LogP contribution in [-0.4, -0.2) is 30.1 Å². The van der Waals surface area contributed by atoms with Gasteiger partial charge in [-0.05, 0) is 44.5 Å².